The molecule has 1 fully saturated rings. The highest BCUT2D eigenvalue weighted by molar-refractivity contribution is 5.62. The summed E-state index contributed by atoms with van der Waals surface area (Å²) in [7, 11) is 0. The van der Waals surface area contributed by atoms with Gasteiger partial charge in [-0.25, -0.2) is 4.98 Å². The zero-order valence-electron chi connectivity index (χ0n) is 9.72. The maximum absolute atomic E-state index is 10.0. The lowest BCUT2D eigenvalue weighted by Crippen LogP contribution is -2.43. The molecule has 17 heavy (non-hydrogen) atoms. The topological polar surface area (TPSA) is 75.3 Å². The van der Waals surface area contributed by atoms with Gasteiger partial charge in [-0.2, -0.15) is 0 Å². The molecule has 0 spiro atoms. The summed E-state index contributed by atoms with van der Waals surface area (Å²) in [6.07, 6.45) is 6.34. The third-order valence-corrected chi connectivity index (χ3v) is 3.37. The van der Waals surface area contributed by atoms with Gasteiger partial charge in [0, 0.05) is 18.9 Å². The first-order valence-corrected chi connectivity index (χ1v) is 5.81. The van der Waals surface area contributed by atoms with Gasteiger partial charge in [0.15, 0.2) is 5.82 Å². The van der Waals surface area contributed by atoms with Gasteiger partial charge in [-0.1, -0.05) is 0 Å². The maximum Gasteiger partial charge on any atom is 0.203 e. The van der Waals surface area contributed by atoms with Crippen LogP contribution in [0.5, 0.6) is 0 Å². The van der Waals surface area contributed by atoms with Crippen molar-refractivity contribution in [3.05, 3.63) is 18.2 Å². The summed E-state index contributed by atoms with van der Waals surface area (Å²) in [5.74, 6) is 1.50. The van der Waals surface area contributed by atoms with Crippen molar-refractivity contribution in [2.24, 2.45) is 0 Å². The van der Waals surface area contributed by atoms with Crippen molar-refractivity contribution >= 4 is 11.5 Å². The van der Waals surface area contributed by atoms with Crippen LogP contribution in [0.4, 0.5) is 5.82 Å². The van der Waals surface area contributed by atoms with Crippen molar-refractivity contribution in [3.63, 3.8) is 0 Å². The van der Waals surface area contributed by atoms with Crippen LogP contribution in [0.25, 0.3) is 5.65 Å². The molecule has 0 bridgehead atoms. The molecule has 3 rings (SSSR count). The summed E-state index contributed by atoms with van der Waals surface area (Å²) in [6.45, 7) is 2.41. The maximum atomic E-state index is 10.0. The van der Waals surface area contributed by atoms with Crippen LogP contribution in [0.2, 0.25) is 0 Å². The number of hydrogen-bond donors (Lipinski definition) is 2. The van der Waals surface area contributed by atoms with Crippen LogP contribution in [-0.2, 0) is 0 Å². The lowest BCUT2D eigenvalue weighted by Gasteiger charge is -2.36. The van der Waals surface area contributed by atoms with E-state index in [9.17, 15) is 5.11 Å². The molecule has 2 aromatic heterocycles. The Balaban J connectivity index is 1.85. The third-order valence-electron chi connectivity index (χ3n) is 3.37. The van der Waals surface area contributed by atoms with E-state index in [1.54, 1.807) is 6.20 Å². The zero-order valence-corrected chi connectivity index (χ0v) is 9.72. The second-order valence-electron chi connectivity index (χ2n) is 4.65. The summed E-state index contributed by atoms with van der Waals surface area (Å²) < 4.78 is 1.88. The minimum atomic E-state index is -0.566. The number of aromatic nitrogens is 4. The molecule has 1 aliphatic rings. The van der Waals surface area contributed by atoms with Crippen LogP contribution in [-0.4, -0.2) is 36.8 Å². The van der Waals surface area contributed by atoms with Crippen LogP contribution in [0, 0.1) is 6.92 Å². The number of rotatable bonds is 3. The standard InChI is InChI=1S/C11H15N5O/c1-8-14-15-10-9(12-5-6-16(8)10)13-7-11(17)3-2-4-11/h5-6,17H,2-4,7H2,1H3,(H,12,13). The first-order chi connectivity index (χ1) is 8.18. The number of nitrogens with one attached hydrogen (secondary N) is 1. The van der Waals surface area contributed by atoms with Crippen LogP contribution in [0.1, 0.15) is 25.1 Å². The molecular weight excluding hydrogens is 218 g/mol. The number of anilines is 1. The molecule has 1 aliphatic carbocycles. The Bertz CT molecular complexity index is 546. The summed E-state index contributed by atoms with van der Waals surface area (Å²) >= 11 is 0. The second kappa shape index (κ2) is 3.66. The third kappa shape index (κ3) is 1.74. The van der Waals surface area contributed by atoms with E-state index in [-0.39, 0.29) is 0 Å². The number of aryl methyl sites for hydroxylation is 1. The average Bonchev–Trinajstić information content (AvgIpc) is 2.67. The highest BCUT2D eigenvalue weighted by atomic mass is 16.3. The first-order valence-electron chi connectivity index (χ1n) is 5.81. The minimum absolute atomic E-state index is 0.519. The molecule has 0 aromatic carbocycles. The van der Waals surface area contributed by atoms with Crippen LogP contribution < -0.4 is 5.32 Å². The van der Waals surface area contributed by atoms with Crippen LogP contribution in [0.3, 0.4) is 0 Å². The van der Waals surface area contributed by atoms with Gasteiger partial charge in [0.1, 0.15) is 5.82 Å². The van der Waals surface area contributed by atoms with Gasteiger partial charge in [0.2, 0.25) is 5.65 Å². The SMILES string of the molecule is Cc1nnc2c(NCC3(O)CCC3)nccn12. The van der Waals surface area contributed by atoms with E-state index in [2.05, 4.69) is 20.5 Å². The fraction of sp³-hybridized carbons (Fsp3) is 0.545. The first kappa shape index (κ1) is 10.5. The Hall–Kier alpha value is -1.69. The van der Waals surface area contributed by atoms with Crippen LogP contribution in [0.15, 0.2) is 12.4 Å². The van der Waals surface area contributed by atoms with Gasteiger partial charge < -0.3 is 10.4 Å². The van der Waals surface area contributed by atoms with E-state index in [0.717, 1.165) is 25.1 Å². The Labute approximate surface area is 98.7 Å². The van der Waals surface area contributed by atoms with Gasteiger partial charge in [-0.3, -0.25) is 4.40 Å². The quantitative estimate of drug-likeness (QED) is 0.818. The minimum Gasteiger partial charge on any atom is -0.388 e. The normalized spacial score (nSPS) is 18.0. The van der Waals surface area contributed by atoms with E-state index in [0.29, 0.717) is 18.0 Å². The van der Waals surface area contributed by atoms with Gasteiger partial charge in [-0.05, 0) is 26.2 Å². The van der Waals surface area contributed by atoms with E-state index in [1.807, 2.05) is 17.5 Å². The second-order valence-corrected chi connectivity index (χ2v) is 4.65. The molecule has 0 radical (unpaired) electrons. The van der Waals surface area contributed by atoms with Crippen molar-refractivity contribution in [3.8, 4) is 0 Å². The number of fused-ring (bicyclic) bond motifs is 1. The molecule has 0 atom stereocenters. The van der Waals surface area contributed by atoms with Gasteiger partial charge in [-0.15, -0.1) is 10.2 Å². The highest BCUT2D eigenvalue weighted by Crippen LogP contribution is 2.31. The molecule has 0 unspecified atom stereocenters. The zero-order chi connectivity index (χ0) is 11.9. The summed E-state index contributed by atoms with van der Waals surface area (Å²) in [5, 5.41) is 21.2. The molecule has 1 saturated carbocycles. The van der Waals surface area contributed by atoms with Crippen LogP contribution >= 0.6 is 0 Å². The summed E-state index contributed by atoms with van der Waals surface area (Å²) in [5.41, 5.74) is 0.136. The number of nitrogens with zero attached hydrogens (tertiary/aromatic N) is 4. The largest absolute Gasteiger partial charge is 0.388 e. The molecule has 0 saturated heterocycles. The number of aliphatic hydroxyl groups is 1. The molecule has 90 valence electrons. The fourth-order valence-corrected chi connectivity index (χ4v) is 2.08. The number of hydrogen-bond acceptors (Lipinski definition) is 5. The lowest BCUT2D eigenvalue weighted by molar-refractivity contribution is -0.0202. The Kier molecular flexibility index (Phi) is 2.25. The Morgan fingerprint density at radius 1 is 1.47 bits per heavy atom. The lowest BCUT2D eigenvalue weighted by atomic mass is 9.80. The Morgan fingerprint density at radius 3 is 3.00 bits per heavy atom. The van der Waals surface area contributed by atoms with E-state index in [1.165, 1.54) is 0 Å². The van der Waals surface area contributed by atoms with Gasteiger partial charge in [0.05, 0.1) is 5.60 Å². The van der Waals surface area contributed by atoms with Crippen molar-refractivity contribution in [1.29, 1.82) is 0 Å². The van der Waals surface area contributed by atoms with Crippen molar-refractivity contribution in [1.82, 2.24) is 19.6 Å². The molecule has 0 amide bonds. The molecule has 0 aliphatic heterocycles. The molecule has 2 N–H and O–H groups in total. The van der Waals surface area contributed by atoms with E-state index >= 15 is 0 Å². The molecular formula is C11H15N5O. The summed E-state index contributed by atoms with van der Waals surface area (Å²) in [6, 6.07) is 0. The van der Waals surface area contributed by atoms with E-state index in [4.69, 9.17) is 0 Å². The van der Waals surface area contributed by atoms with Gasteiger partial charge in [0.25, 0.3) is 0 Å². The summed E-state index contributed by atoms with van der Waals surface area (Å²) in [4.78, 5) is 4.24. The smallest absolute Gasteiger partial charge is 0.203 e. The van der Waals surface area contributed by atoms with Crippen molar-refractivity contribution in [2.45, 2.75) is 31.8 Å². The fourth-order valence-electron chi connectivity index (χ4n) is 2.08. The predicted octanol–water partition coefficient (Wildman–Crippen LogP) is 0.760. The monoisotopic (exact) mass is 233 g/mol. The molecule has 6 nitrogen and oxygen atoms in total. The van der Waals surface area contributed by atoms with Crippen molar-refractivity contribution in [2.75, 3.05) is 11.9 Å². The molecule has 2 aromatic rings. The molecule has 6 heteroatoms. The van der Waals surface area contributed by atoms with E-state index < -0.39 is 5.60 Å². The van der Waals surface area contributed by atoms with Gasteiger partial charge >= 0.3 is 0 Å². The van der Waals surface area contributed by atoms with Crippen molar-refractivity contribution < 1.29 is 5.11 Å². The average molecular weight is 233 g/mol. The Morgan fingerprint density at radius 2 is 2.29 bits per heavy atom. The molecule has 2 heterocycles. The predicted molar refractivity (Wildman–Crippen MR) is 62.8 cm³/mol. The highest BCUT2D eigenvalue weighted by Gasteiger charge is 2.34.